The smallest absolute Gasteiger partial charge is 0.461 e. The fraction of sp³-hybridized carbons (Fsp3) is 0.943. The van der Waals surface area contributed by atoms with Crippen molar-refractivity contribution in [3.8, 4) is 0 Å². The highest BCUT2D eigenvalue weighted by Crippen LogP contribution is 2.67. The Bertz CT molecular complexity index is 4040. The van der Waals surface area contributed by atoms with Crippen LogP contribution in [-0.4, -0.2) is 187 Å². The molecule has 0 spiro atoms. The molecule has 16 fully saturated rings. The number of alkyl halides is 50. The number of carbonyl (C=O) groups excluding carboxylic acids is 4. The summed E-state index contributed by atoms with van der Waals surface area (Å²) in [5.41, 5.74) is -5.73. The summed E-state index contributed by atoms with van der Waals surface area (Å²) < 4.78 is 681. The van der Waals surface area contributed by atoms with E-state index in [1.807, 2.05) is 0 Å². The van der Waals surface area contributed by atoms with Crippen molar-refractivity contribution in [1.29, 1.82) is 0 Å². The van der Waals surface area contributed by atoms with Crippen molar-refractivity contribution in [2.75, 3.05) is 13.2 Å². The van der Waals surface area contributed by atoms with Gasteiger partial charge in [0, 0.05) is 5.41 Å². The zero-order chi connectivity index (χ0) is 102. The molecule has 133 heavy (non-hydrogen) atoms. The van der Waals surface area contributed by atoms with Crippen LogP contribution in [0, 0.1) is 87.8 Å². The van der Waals surface area contributed by atoms with Crippen LogP contribution in [0.4, 0.5) is 220 Å². The van der Waals surface area contributed by atoms with E-state index in [1.165, 1.54) is 11.7 Å². The first-order chi connectivity index (χ1) is 58.9. The molecule has 0 aromatic carbocycles. The Labute approximate surface area is 710 Å². The molecule has 774 valence electrons. The highest BCUT2D eigenvalue weighted by atomic mass is 19.5. The largest absolute Gasteiger partial charge is 0.462 e. The third kappa shape index (κ3) is 20.4. The van der Waals surface area contributed by atoms with Crippen molar-refractivity contribution in [3.05, 3.63) is 0 Å². The number of hydrogen-bond donors (Lipinski definition) is 0. The van der Waals surface area contributed by atoms with E-state index in [2.05, 4.69) is 37.9 Å². The van der Waals surface area contributed by atoms with Crippen LogP contribution >= 0.6 is 0 Å². The fourth-order valence-electron chi connectivity index (χ4n) is 21.4. The maximum Gasteiger partial charge on any atom is 0.462 e. The van der Waals surface area contributed by atoms with Gasteiger partial charge < -0.3 is 18.9 Å². The van der Waals surface area contributed by atoms with Gasteiger partial charge in [0.2, 0.25) is 0 Å². The standard InChI is InChI=1S/C20H17F17O4.2C17H17F11O3.C16H15F11O3/c21-13(16(25,26)27,7-39-11(38)12-4-8-1-9(5-12)3-10(2-8)6-12)40-20(36,37)15(24,18(31,32)33)41-19(34,35)14(22,23)17(28,29)30;18-13(15(21,22)23,31-17(27,28)14(19,20)16(24,25)26)11(29)30-7-12-4-8-1-9(5-12)3-10(2-8)6-12;1-12(9-3-7-2-8(5-9)6-10(12)4-7)30-11(29)13(18,15(21,22)23)31-17(27,28)14(19,20)16(24,25)26;17-12(14(20,21)22,30-16(26,27)13(18,19)15(23,24)25)10(28)29-11-4-7-1-8(5-11)3-9(2-7)6-11/h8-10H,1-7H2;8-10H,1-7H2;7-10H,2-6H2,1H3;7-9H,1-6H2. The predicted molar refractivity (Wildman–Crippen MR) is 325 cm³/mol. The summed E-state index contributed by atoms with van der Waals surface area (Å²) in [6, 6.07) is 0. The summed E-state index contributed by atoms with van der Waals surface area (Å²) in [6.07, 6.45) is -90.4. The van der Waals surface area contributed by atoms with E-state index in [9.17, 15) is 239 Å². The van der Waals surface area contributed by atoms with Crippen LogP contribution in [0.1, 0.15) is 155 Å². The molecule has 63 heteroatoms. The Hall–Kier alpha value is -5.82. The molecule has 0 heterocycles. The molecular weight excluding hydrogens is 2000 g/mol. The molecule has 0 saturated heterocycles. The molecule has 16 saturated carbocycles. The van der Waals surface area contributed by atoms with Crippen LogP contribution in [0.25, 0.3) is 0 Å². The highest BCUT2D eigenvalue weighted by molar-refractivity contribution is 5.81. The molecule has 16 rings (SSSR count). The molecule has 16 aliphatic carbocycles. The van der Waals surface area contributed by atoms with Gasteiger partial charge in [0.25, 0.3) is 0 Å². The third-order valence-corrected chi connectivity index (χ3v) is 26.2. The van der Waals surface area contributed by atoms with Crippen molar-refractivity contribution in [1.82, 2.24) is 0 Å². The maximum absolute atomic E-state index is 14.7. The zero-order valence-electron chi connectivity index (χ0n) is 65.9. The van der Waals surface area contributed by atoms with Gasteiger partial charge in [0.05, 0.1) is 12.0 Å². The Morgan fingerprint density at radius 1 is 0.256 bits per heavy atom. The van der Waals surface area contributed by atoms with Crippen LogP contribution < -0.4 is 0 Å². The minimum atomic E-state index is -7.97. The lowest BCUT2D eigenvalue weighted by molar-refractivity contribution is -0.552. The number of ether oxygens (including phenoxy) is 9. The predicted octanol–water partition coefficient (Wildman–Crippen LogP) is 24.7. The van der Waals surface area contributed by atoms with Gasteiger partial charge in [-0.2, -0.15) is 220 Å². The van der Waals surface area contributed by atoms with Crippen molar-refractivity contribution < 1.29 is 281 Å². The van der Waals surface area contributed by atoms with Gasteiger partial charge in [-0.15, -0.1) is 0 Å². The van der Waals surface area contributed by atoms with E-state index in [0.717, 1.165) is 25.7 Å². The Kier molecular flexibility index (Phi) is 28.3. The Morgan fingerprint density at radius 3 is 0.782 bits per heavy atom. The lowest BCUT2D eigenvalue weighted by atomic mass is 9.49. The second kappa shape index (κ2) is 34.0. The van der Waals surface area contributed by atoms with E-state index in [0.29, 0.717) is 83.5 Å². The van der Waals surface area contributed by atoms with Gasteiger partial charge in [0.15, 0.2) is 6.61 Å². The second-order valence-electron chi connectivity index (χ2n) is 36.1. The SMILES string of the molecule is CC1(OC(=O)C(F)(OC(F)(F)C(F)(F)C(F)(F)F)C(F)(F)F)C2CC3CC(C2)CC1C3.O=C(OC12CC3CC(CC(C3)C1)C2)C(F)(OC(F)(F)C(F)(F)C(F)(F)F)C(F)(F)F.O=C(OCC(F)(OC(F)(F)C(F)(OC(F)(F)C(F)(F)C(F)(F)F)C(F)(F)F)C(F)(F)F)C12CC3CC(CC(C3)C1)C2.O=C(OCC12CC3CC(CC(C3)C1)C2)C(F)(OC(F)(F)C(F)(F)C(F)(F)F)C(F)(F)F. The summed E-state index contributed by atoms with van der Waals surface area (Å²) in [4.78, 5) is 48.4. The molecule has 16 bridgehead atoms. The minimum Gasteiger partial charge on any atom is -0.461 e. The van der Waals surface area contributed by atoms with E-state index in [1.54, 1.807) is 0 Å². The average molecular weight is 2070 g/mol. The van der Waals surface area contributed by atoms with Crippen molar-refractivity contribution in [3.63, 3.8) is 0 Å². The van der Waals surface area contributed by atoms with Gasteiger partial charge in [-0.1, -0.05) is 0 Å². The van der Waals surface area contributed by atoms with Gasteiger partial charge >= 0.3 is 163 Å². The molecule has 0 aromatic rings. The van der Waals surface area contributed by atoms with Gasteiger partial charge in [-0.3, -0.25) is 28.5 Å². The summed E-state index contributed by atoms with van der Waals surface area (Å²) in [6.45, 7) is -2.71. The average Bonchev–Trinajstić information content (AvgIpc) is 0.722. The summed E-state index contributed by atoms with van der Waals surface area (Å²) in [5.74, 6) is -74.3. The van der Waals surface area contributed by atoms with Gasteiger partial charge in [0.1, 0.15) is 11.2 Å². The third-order valence-electron chi connectivity index (χ3n) is 26.2. The molecular formula is C70H66F50O13. The van der Waals surface area contributed by atoms with E-state index in [4.69, 9.17) is 0 Å². The van der Waals surface area contributed by atoms with Crippen LogP contribution in [0.15, 0.2) is 0 Å². The first kappa shape index (κ1) is 111. The molecule has 5 unspecified atom stereocenters. The van der Waals surface area contributed by atoms with E-state index in [-0.39, 0.29) is 104 Å². The number of halogens is 50. The molecule has 5 atom stereocenters. The van der Waals surface area contributed by atoms with Gasteiger partial charge in [-0.25, -0.2) is 14.4 Å². The highest BCUT2D eigenvalue weighted by Gasteiger charge is 2.88. The lowest BCUT2D eigenvalue weighted by Gasteiger charge is -2.59. The molecule has 16 aliphatic rings. The van der Waals surface area contributed by atoms with Crippen LogP contribution in [-0.2, 0) is 61.8 Å². The molecule has 0 radical (unpaired) electrons. The molecule has 0 aromatic heterocycles. The lowest BCUT2D eigenvalue weighted by Crippen LogP contribution is -2.67. The summed E-state index contributed by atoms with van der Waals surface area (Å²) in [5, 5.41) is 0. The fourth-order valence-corrected chi connectivity index (χ4v) is 21.4. The monoisotopic (exact) mass is 2060 g/mol. The number of carbonyl (C=O) groups is 4. The normalized spacial score (nSPS) is 33.2. The Morgan fingerprint density at radius 2 is 0.511 bits per heavy atom. The number of esters is 4. The number of hydrogen-bond acceptors (Lipinski definition) is 13. The van der Waals surface area contributed by atoms with Crippen LogP contribution in [0.5, 0.6) is 0 Å². The minimum absolute atomic E-state index is 0.00871. The van der Waals surface area contributed by atoms with E-state index < -0.39 is 210 Å². The maximum atomic E-state index is 14.7. The van der Waals surface area contributed by atoms with Crippen molar-refractivity contribution >= 4 is 23.9 Å². The number of rotatable bonds is 25. The van der Waals surface area contributed by atoms with Crippen molar-refractivity contribution in [2.24, 2.45) is 87.8 Å². The topological polar surface area (TPSA) is 151 Å². The first-order valence-electron chi connectivity index (χ1n) is 38.7. The summed E-state index contributed by atoms with van der Waals surface area (Å²) in [7, 11) is 0. The molecule has 0 aliphatic heterocycles. The van der Waals surface area contributed by atoms with Crippen LogP contribution in [0.3, 0.4) is 0 Å². The second-order valence-corrected chi connectivity index (χ2v) is 36.1. The van der Waals surface area contributed by atoms with E-state index >= 15 is 0 Å². The van der Waals surface area contributed by atoms with Crippen LogP contribution in [0.2, 0.25) is 0 Å². The zero-order valence-corrected chi connectivity index (χ0v) is 65.9. The molecule has 0 N–H and O–H groups in total. The summed E-state index contributed by atoms with van der Waals surface area (Å²) >= 11 is 0. The first-order valence-corrected chi connectivity index (χ1v) is 38.7. The molecule has 13 nitrogen and oxygen atoms in total. The molecule has 0 amide bonds. The quantitative estimate of drug-likeness (QED) is 0.0485. The van der Waals surface area contributed by atoms with Crippen molar-refractivity contribution in [2.45, 2.75) is 305 Å². The van der Waals surface area contributed by atoms with Gasteiger partial charge in [-0.05, 0) is 232 Å². The Balaban J connectivity index is 0.000000201.